The summed E-state index contributed by atoms with van der Waals surface area (Å²) in [5, 5.41) is 2.66. The predicted octanol–water partition coefficient (Wildman–Crippen LogP) is 5.55. The summed E-state index contributed by atoms with van der Waals surface area (Å²) < 4.78 is 26.7. The highest BCUT2D eigenvalue weighted by Crippen LogP contribution is 2.25. The van der Waals surface area contributed by atoms with Crippen molar-refractivity contribution in [1.29, 1.82) is 0 Å². The van der Waals surface area contributed by atoms with Gasteiger partial charge >= 0.3 is 0 Å². The lowest BCUT2D eigenvalue weighted by Crippen LogP contribution is -2.06. The van der Waals surface area contributed by atoms with Crippen LogP contribution in [-0.2, 0) is 0 Å². The van der Waals surface area contributed by atoms with Gasteiger partial charge in [0.05, 0.1) is 17.0 Å². The van der Waals surface area contributed by atoms with Crippen molar-refractivity contribution in [2.24, 2.45) is 0 Å². The number of hydrogen-bond donors (Lipinski definition) is 0. The van der Waals surface area contributed by atoms with Crippen molar-refractivity contribution < 1.29 is 13.6 Å². The van der Waals surface area contributed by atoms with E-state index in [0.29, 0.717) is 11.2 Å². The third-order valence-electron chi connectivity index (χ3n) is 4.24. The largest absolute Gasteiger partial charge is 0.293 e. The highest BCUT2D eigenvalue weighted by Gasteiger charge is 2.14. The van der Waals surface area contributed by atoms with Gasteiger partial charge in [-0.25, -0.2) is 18.7 Å². The molecule has 4 aromatic rings. The fourth-order valence-corrected chi connectivity index (χ4v) is 3.56. The van der Waals surface area contributed by atoms with Gasteiger partial charge in [0, 0.05) is 17.8 Å². The van der Waals surface area contributed by atoms with Gasteiger partial charge in [0.15, 0.2) is 10.9 Å². The third kappa shape index (κ3) is 3.92. The van der Waals surface area contributed by atoms with Gasteiger partial charge in [0.25, 0.3) is 0 Å². The SMILES string of the molecule is O=C(CSc1nccc(-c2ccc3ccccc3c2)n1)c1ccc(F)cc1F. The van der Waals surface area contributed by atoms with Crippen LogP contribution in [0.15, 0.2) is 78.1 Å². The number of aromatic nitrogens is 2. The summed E-state index contributed by atoms with van der Waals surface area (Å²) in [4.78, 5) is 20.9. The topological polar surface area (TPSA) is 42.9 Å². The standard InChI is InChI=1S/C22H14F2N2OS/c23-17-7-8-18(19(24)12-17)21(27)13-28-22-25-10-9-20(26-22)16-6-5-14-3-1-2-4-15(14)11-16/h1-12H,13H2. The van der Waals surface area contributed by atoms with Crippen LogP contribution in [0.5, 0.6) is 0 Å². The number of fused-ring (bicyclic) bond motifs is 1. The van der Waals surface area contributed by atoms with E-state index >= 15 is 0 Å². The number of thioether (sulfide) groups is 1. The van der Waals surface area contributed by atoms with Crippen molar-refractivity contribution >= 4 is 28.3 Å². The molecule has 0 amide bonds. The second-order valence-electron chi connectivity index (χ2n) is 6.12. The van der Waals surface area contributed by atoms with Crippen LogP contribution < -0.4 is 0 Å². The predicted molar refractivity (Wildman–Crippen MR) is 106 cm³/mol. The van der Waals surface area contributed by atoms with Crippen LogP contribution in [-0.4, -0.2) is 21.5 Å². The van der Waals surface area contributed by atoms with Gasteiger partial charge in [0.1, 0.15) is 11.6 Å². The molecule has 0 bridgehead atoms. The molecule has 0 saturated heterocycles. The van der Waals surface area contributed by atoms with Crippen molar-refractivity contribution in [3.8, 4) is 11.3 Å². The van der Waals surface area contributed by atoms with Crippen molar-refractivity contribution in [3.05, 3.63) is 90.1 Å². The lowest BCUT2D eigenvalue weighted by molar-refractivity contribution is 0.101. The first-order valence-electron chi connectivity index (χ1n) is 8.53. The first-order chi connectivity index (χ1) is 13.6. The number of hydrogen-bond acceptors (Lipinski definition) is 4. The average Bonchev–Trinajstić information content (AvgIpc) is 2.72. The zero-order chi connectivity index (χ0) is 19.5. The third-order valence-corrected chi connectivity index (χ3v) is 5.10. The van der Waals surface area contributed by atoms with Crippen LogP contribution >= 0.6 is 11.8 Å². The Kier molecular flexibility index (Phi) is 5.12. The highest BCUT2D eigenvalue weighted by molar-refractivity contribution is 7.99. The summed E-state index contributed by atoms with van der Waals surface area (Å²) in [6.45, 7) is 0. The van der Waals surface area contributed by atoms with Gasteiger partial charge in [-0.15, -0.1) is 0 Å². The maximum absolute atomic E-state index is 13.7. The van der Waals surface area contributed by atoms with Gasteiger partial charge in [-0.3, -0.25) is 4.79 Å². The molecule has 3 nitrogen and oxygen atoms in total. The van der Waals surface area contributed by atoms with E-state index < -0.39 is 17.4 Å². The first kappa shape index (κ1) is 18.3. The molecule has 0 unspecified atom stereocenters. The summed E-state index contributed by atoms with van der Waals surface area (Å²) in [6, 6.07) is 18.8. The van der Waals surface area contributed by atoms with Gasteiger partial charge < -0.3 is 0 Å². The summed E-state index contributed by atoms with van der Waals surface area (Å²) in [7, 11) is 0. The van der Waals surface area contributed by atoms with Crippen LogP contribution in [0.1, 0.15) is 10.4 Å². The Morgan fingerprint density at radius 1 is 0.929 bits per heavy atom. The lowest BCUT2D eigenvalue weighted by atomic mass is 10.1. The molecular formula is C22H14F2N2OS. The average molecular weight is 392 g/mol. The van der Waals surface area contributed by atoms with Gasteiger partial charge in [0.2, 0.25) is 0 Å². The van der Waals surface area contributed by atoms with E-state index in [1.54, 1.807) is 12.3 Å². The minimum absolute atomic E-state index is 0.0380. The fourth-order valence-electron chi connectivity index (χ4n) is 2.84. The Morgan fingerprint density at radius 2 is 1.75 bits per heavy atom. The normalized spacial score (nSPS) is 10.9. The number of carbonyl (C=O) groups excluding carboxylic acids is 1. The van der Waals surface area contributed by atoms with Crippen molar-refractivity contribution in [2.75, 3.05) is 5.75 Å². The second-order valence-corrected chi connectivity index (χ2v) is 7.06. The zero-order valence-electron chi connectivity index (χ0n) is 14.6. The van der Waals surface area contributed by atoms with Crippen molar-refractivity contribution in [2.45, 2.75) is 5.16 Å². The molecule has 3 aromatic carbocycles. The van der Waals surface area contributed by atoms with Gasteiger partial charge in [-0.1, -0.05) is 48.2 Å². The summed E-state index contributed by atoms with van der Waals surface area (Å²) in [5.74, 6) is -2.06. The molecule has 0 radical (unpaired) electrons. The maximum atomic E-state index is 13.7. The Morgan fingerprint density at radius 3 is 2.57 bits per heavy atom. The highest BCUT2D eigenvalue weighted by atomic mass is 32.2. The molecule has 0 aliphatic carbocycles. The van der Waals surface area contributed by atoms with Crippen molar-refractivity contribution in [3.63, 3.8) is 0 Å². The molecule has 6 heteroatoms. The molecule has 0 atom stereocenters. The van der Waals surface area contributed by atoms with E-state index in [-0.39, 0.29) is 11.3 Å². The molecule has 0 spiro atoms. The van der Waals surface area contributed by atoms with E-state index in [9.17, 15) is 13.6 Å². The molecule has 0 aliphatic heterocycles. The van der Waals surface area contributed by atoms with Crippen molar-refractivity contribution in [1.82, 2.24) is 9.97 Å². The first-order valence-corrected chi connectivity index (χ1v) is 9.52. The monoisotopic (exact) mass is 392 g/mol. The number of nitrogens with zero attached hydrogens (tertiary/aromatic N) is 2. The minimum atomic E-state index is -0.864. The van der Waals surface area contributed by atoms with E-state index in [1.807, 2.05) is 42.5 Å². The number of Topliss-reactive ketones (excluding diaryl/α,β-unsaturated/α-hetero) is 1. The van der Waals surface area contributed by atoms with E-state index in [4.69, 9.17) is 0 Å². The molecule has 0 aliphatic rings. The Hall–Kier alpha value is -3.12. The number of carbonyl (C=O) groups is 1. The van der Waals surface area contributed by atoms with Gasteiger partial charge in [-0.2, -0.15) is 0 Å². The quantitative estimate of drug-likeness (QED) is 0.254. The molecule has 0 N–H and O–H groups in total. The molecule has 28 heavy (non-hydrogen) atoms. The van der Waals surface area contributed by atoms with E-state index in [2.05, 4.69) is 9.97 Å². The molecular weight excluding hydrogens is 378 g/mol. The fraction of sp³-hybridized carbons (Fsp3) is 0.0455. The van der Waals surface area contributed by atoms with Crippen LogP contribution in [0, 0.1) is 11.6 Å². The number of ketones is 1. The van der Waals surface area contributed by atoms with Gasteiger partial charge in [-0.05, 0) is 35.0 Å². The van der Waals surface area contributed by atoms with Crippen LogP contribution in [0.4, 0.5) is 8.78 Å². The lowest BCUT2D eigenvalue weighted by Gasteiger charge is -2.06. The zero-order valence-corrected chi connectivity index (χ0v) is 15.4. The Labute approximate surface area is 164 Å². The molecule has 1 heterocycles. The Balaban J connectivity index is 1.52. The summed E-state index contributed by atoms with van der Waals surface area (Å²) in [5.41, 5.74) is 1.54. The number of halogens is 2. The molecule has 0 fully saturated rings. The summed E-state index contributed by atoms with van der Waals surface area (Å²) in [6.07, 6.45) is 1.63. The van der Waals surface area contributed by atoms with Crippen LogP contribution in [0.25, 0.3) is 22.0 Å². The van der Waals surface area contributed by atoms with E-state index in [1.165, 1.54) is 0 Å². The minimum Gasteiger partial charge on any atom is -0.293 e. The smallest absolute Gasteiger partial charge is 0.188 e. The van der Waals surface area contributed by atoms with E-state index in [0.717, 1.165) is 45.9 Å². The molecule has 4 rings (SSSR count). The molecule has 1 aromatic heterocycles. The summed E-state index contributed by atoms with van der Waals surface area (Å²) >= 11 is 1.12. The maximum Gasteiger partial charge on any atom is 0.188 e. The second kappa shape index (κ2) is 7.86. The Bertz CT molecular complexity index is 1180. The number of rotatable bonds is 5. The number of benzene rings is 3. The molecule has 0 saturated carbocycles. The van der Waals surface area contributed by atoms with Crippen LogP contribution in [0.3, 0.4) is 0 Å². The van der Waals surface area contributed by atoms with Crippen LogP contribution in [0.2, 0.25) is 0 Å². The molecule has 138 valence electrons.